The Kier molecular flexibility index (Phi) is 8.49. The van der Waals surface area contributed by atoms with Crippen molar-refractivity contribution in [1.29, 1.82) is 0 Å². The standard InChI is InChI=1S/C61H43N5/c1-61(2)49-38-43(64-51-30-16-12-26-45(51)46-27-13-17-31-52(46)64)34-36-55(49)66(56-37-35-44(39-50(56)61)65-53-32-18-14-28-47(53)48-29-15-19-33-54(48)65)60-59(42-24-10-5-11-25-42)62-57(40-20-6-3-7-21-40)58(63-60)41-22-8-4-9-23-41/h3-39H,1-2H3. The number of para-hydroxylation sites is 4. The van der Waals surface area contributed by atoms with Gasteiger partial charge < -0.3 is 9.13 Å². The van der Waals surface area contributed by atoms with Crippen molar-refractivity contribution in [1.82, 2.24) is 19.1 Å². The fourth-order valence-electron chi connectivity index (χ4n) is 10.6. The van der Waals surface area contributed by atoms with Crippen LogP contribution in [0.4, 0.5) is 17.2 Å². The Morgan fingerprint density at radius 3 is 1.06 bits per heavy atom. The summed E-state index contributed by atoms with van der Waals surface area (Å²) in [5, 5.41) is 4.95. The van der Waals surface area contributed by atoms with Crippen molar-refractivity contribution >= 4 is 60.8 Å². The Labute approximate surface area is 383 Å². The minimum absolute atomic E-state index is 0.447. The molecule has 0 spiro atoms. The van der Waals surface area contributed by atoms with Crippen LogP contribution in [0.3, 0.4) is 0 Å². The SMILES string of the molecule is CC1(C)c2cc(-n3c4ccccc4c4ccccc43)ccc2N(c2nc(-c3ccccc3)c(-c3ccccc3)nc2-c2ccccc2)c2ccc(-n3c4ccccc4c4ccccc43)cc21. The van der Waals surface area contributed by atoms with Crippen LogP contribution in [0.25, 0.3) is 88.8 Å². The van der Waals surface area contributed by atoms with Crippen LogP contribution in [0, 0.1) is 0 Å². The molecular weight excluding hydrogens is 803 g/mol. The quantitative estimate of drug-likeness (QED) is 0.167. The van der Waals surface area contributed by atoms with Crippen LogP contribution in [0.1, 0.15) is 25.0 Å². The molecule has 0 fully saturated rings. The van der Waals surface area contributed by atoms with Crippen molar-refractivity contribution in [2.45, 2.75) is 19.3 Å². The van der Waals surface area contributed by atoms with E-state index in [1.54, 1.807) is 0 Å². The molecule has 0 saturated heterocycles. The lowest BCUT2D eigenvalue weighted by Gasteiger charge is -2.42. The highest BCUT2D eigenvalue weighted by atomic mass is 15.2. The van der Waals surface area contributed by atoms with E-state index in [4.69, 9.17) is 9.97 Å². The molecule has 0 aliphatic carbocycles. The van der Waals surface area contributed by atoms with Crippen LogP contribution >= 0.6 is 0 Å². The number of rotatable bonds is 6. The molecule has 0 unspecified atom stereocenters. The van der Waals surface area contributed by atoms with Gasteiger partial charge in [-0.1, -0.05) is 178 Å². The summed E-state index contributed by atoms with van der Waals surface area (Å²) >= 11 is 0. The van der Waals surface area contributed by atoms with Crippen molar-refractivity contribution in [3.63, 3.8) is 0 Å². The predicted molar refractivity (Wildman–Crippen MR) is 274 cm³/mol. The Bertz CT molecular complexity index is 3570. The van der Waals surface area contributed by atoms with Crippen LogP contribution in [0.2, 0.25) is 0 Å². The van der Waals surface area contributed by atoms with Gasteiger partial charge in [0.15, 0.2) is 5.82 Å². The average molecular weight is 846 g/mol. The number of hydrogen-bond donors (Lipinski definition) is 0. The molecular formula is C61H43N5. The van der Waals surface area contributed by atoms with Gasteiger partial charge in [-0.2, -0.15) is 0 Å². The molecule has 5 nitrogen and oxygen atoms in total. The largest absolute Gasteiger partial charge is 0.309 e. The molecule has 0 atom stereocenters. The molecule has 0 N–H and O–H groups in total. The average Bonchev–Trinajstić information content (AvgIpc) is 3.90. The molecule has 1 aliphatic heterocycles. The maximum Gasteiger partial charge on any atom is 0.165 e. The lowest BCUT2D eigenvalue weighted by atomic mass is 9.73. The molecule has 0 bridgehead atoms. The Balaban J connectivity index is 1.13. The maximum absolute atomic E-state index is 5.83. The first-order valence-corrected chi connectivity index (χ1v) is 22.7. The van der Waals surface area contributed by atoms with Crippen LogP contribution < -0.4 is 4.90 Å². The maximum atomic E-state index is 5.83. The molecule has 13 rings (SSSR count). The summed E-state index contributed by atoms with van der Waals surface area (Å²) in [7, 11) is 0. The smallest absolute Gasteiger partial charge is 0.165 e. The summed E-state index contributed by atoms with van der Waals surface area (Å²) in [5.74, 6) is 0.770. The van der Waals surface area contributed by atoms with Gasteiger partial charge in [-0.3, -0.25) is 4.90 Å². The number of aromatic nitrogens is 4. The van der Waals surface area contributed by atoms with E-state index in [2.05, 4.69) is 252 Å². The van der Waals surface area contributed by atoms with E-state index in [1.165, 1.54) is 54.7 Å². The lowest BCUT2D eigenvalue weighted by Crippen LogP contribution is -2.32. The molecule has 12 aromatic rings. The second-order valence-electron chi connectivity index (χ2n) is 17.8. The molecule has 66 heavy (non-hydrogen) atoms. The minimum Gasteiger partial charge on any atom is -0.309 e. The molecule has 0 amide bonds. The monoisotopic (exact) mass is 845 g/mol. The number of hydrogen-bond acceptors (Lipinski definition) is 3. The summed E-state index contributed by atoms with van der Waals surface area (Å²) in [6.45, 7) is 4.76. The number of fused-ring (bicyclic) bond motifs is 8. The third-order valence-corrected chi connectivity index (χ3v) is 13.7. The van der Waals surface area contributed by atoms with Crippen LogP contribution in [0.5, 0.6) is 0 Å². The van der Waals surface area contributed by atoms with Gasteiger partial charge in [0, 0.05) is 55.0 Å². The van der Waals surface area contributed by atoms with Gasteiger partial charge in [0.25, 0.3) is 0 Å². The minimum atomic E-state index is -0.447. The Hall–Kier alpha value is -8.54. The van der Waals surface area contributed by atoms with Gasteiger partial charge in [-0.15, -0.1) is 0 Å². The van der Waals surface area contributed by atoms with Gasteiger partial charge in [-0.05, 0) is 71.8 Å². The van der Waals surface area contributed by atoms with E-state index in [0.717, 1.165) is 62.3 Å². The highest BCUT2D eigenvalue weighted by molar-refractivity contribution is 6.10. The molecule has 5 heteroatoms. The first-order valence-electron chi connectivity index (χ1n) is 22.7. The Morgan fingerprint density at radius 1 is 0.333 bits per heavy atom. The van der Waals surface area contributed by atoms with E-state index in [-0.39, 0.29) is 0 Å². The zero-order chi connectivity index (χ0) is 43.9. The van der Waals surface area contributed by atoms with Gasteiger partial charge in [0.05, 0.1) is 44.8 Å². The molecule has 1 aliphatic rings. The first kappa shape index (κ1) is 38.0. The van der Waals surface area contributed by atoms with Gasteiger partial charge in [0.1, 0.15) is 5.69 Å². The molecule has 3 aromatic heterocycles. The van der Waals surface area contributed by atoms with Crippen molar-refractivity contribution in [3.05, 3.63) is 236 Å². The van der Waals surface area contributed by atoms with Gasteiger partial charge in [-0.25, -0.2) is 9.97 Å². The van der Waals surface area contributed by atoms with Crippen LogP contribution in [-0.2, 0) is 5.41 Å². The summed E-state index contributed by atoms with van der Waals surface area (Å²) in [6, 6.07) is 80.5. The molecule has 312 valence electrons. The molecule has 0 radical (unpaired) electrons. The zero-order valence-corrected chi connectivity index (χ0v) is 36.6. The third kappa shape index (κ3) is 5.73. The molecule has 4 heterocycles. The highest BCUT2D eigenvalue weighted by Gasteiger charge is 2.40. The second kappa shape index (κ2) is 14.8. The second-order valence-corrected chi connectivity index (χ2v) is 17.8. The molecule has 0 saturated carbocycles. The third-order valence-electron chi connectivity index (χ3n) is 13.7. The van der Waals surface area contributed by atoms with Crippen molar-refractivity contribution < 1.29 is 0 Å². The van der Waals surface area contributed by atoms with Gasteiger partial charge in [0.2, 0.25) is 0 Å². The Morgan fingerprint density at radius 2 is 0.667 bits per heavy atom. The number of benzene rings is 9. The summed E-state index contributed by atoms with van der Waals surface area (Å²) in [5.41, 5.74) is 16.5. The zero-order valence-electron chi connectivity index (χ0n) is 36.6. The van der Waals surface area contributed by atoms with E-state index < -0.39 is 5.41 Å². The van der Waals surface area contributed by atoms with Crippen molar-refractivity contribution in [2.75, 3.05) is 4.90 Å². The summed E-state index contributed by atoms with van der Waals surface area (Å²) in [6.07, 6.45) is 0. The van der Waals surface area contributed by atoms with E-state index >= 15 is 0 Å². The topological polar surface area (TPSA) is 38.9 Å². The fraction of sp³-hybridized carbons (Fsp3) is 0.0492. The van der Waals surface area contributed by atoms with Crippen LogP contribution in [-0.4, -0.2) is 19.1 Å². The normalized spacial score (nSPS) is 13.1. The lowest BCUT2D eigenvalue weighted by molar-refractivity contribution is 0.630. The highest BCUT2D eigenvalue weighted by Crippen LogP contribution is 2.55. The van der Waals surface area contributed by atoms with E-state index in [0.29, 0.717) is 0 Å². The summed E-state index contributed by atoms with van der Waals surface area (Å²) in [4.78, 5) is 13.9. The van der Waals surface area contributed by atoms with Crippen LogP contribution in [0.15, 0.2) is 224 Å². The first-order chi connectivity index (χ1) is 32.5. The predicted octanol–water partition coefficient (Wildman–Crippen LogP) is 15.8. The van der Waals surface area contributed by atoms with Crippen molar-refractivity contribution in [3.8, 4) is 45.1 Å². The van der Waals surface area contributed by atoms with Gasteiger partial charge >= 0.3 is 0 Å². The van der Waals surface area contributed by atoms with E-state index in [9.17, 15) is 0 Å². The number of nitrogens with zero attached hydrogens (tertiary/aromatic N) is 5. The fourth-order valence-corrected chi connectivity index (χ4v) is 10.6. The van der Waals surface area contributed by atoms with E-state index in [1.807, 2.05) is 0 Å². The van der Waals surface area contributed by atoms with Crippen molar-refractivity contribution in [2.24, 2.45) is 0 Å². The summed E-state index contributed by atoms with van der Waals surface area (Å²) < 4.78 is 4.85. The molecule has 9 aromatic carbocycles. The number of anilines is 3.